The Morgan fingerprint density at radius 1 is 1.42 bits per heavy atom. The number of nitrogens with zero attached hydrogens (tertiary/aromatic N) is 1. The molecule has 12 heavy (non-hydrogen) atoms. The highest BCUT2D eigenvalue weighted by atomic mass is 19.3. The zero-order valence-corrected chi connectivity index (χ0v) is 5.88. The van der Waals surface area contributed by atoms with Gasteiger partial charge in [0.05, 0.1) is 4.48 Å². The van der Waals surface area contributed by atoms with Crippen molar-refractivity contribution in [2.24, 2.45) is 0 Å². The number of halogens is 3. The molecule has 0 saturated carbocycles. The lowest BCUT2D eigenvalue weighted by atomic mass is 10.2. The third-order valence-corrected chi connectivity index (χ3v) is 1.26. The normalized spacial score (nSPS) is 10.3. The number of carbonyl (C=O) groups is 1. The number of rotatable bonds is 2. The van der Waals surface area contributed by atoms with Crippen molar-refractivity contribution in [2.45, 2.75) is 6.43 Å². The monoisotopic (exact) mass is 176 g/mol. The van der Waals surface area contributed by atoms with Crippen LogP contribution in [0.2, 0.25) is 0 Å². The largest absolute Gasteiger partial charge is 0.306 e. The zero-order valence-electron chi connectivity index (χ0n) is 5.88. The van der Waals surface area contributed by atoms with Crippen molar-refractivity contribution in [1.82, 2.24) is 0 Å². The molecule has 0 aliphatic carbocycles. The molecular weight excluding hydrogens is 171 g/mol. The quantitative estimate of drug-likeness (QED) is 0.619. The number of carbonyl (C=O) groups excluding carboxylic acids is 1. The second kappa shape index (κ2) is 3.34. The number of hydrogen-bond acceptors (Lipinski definition) is 1. The average molecular weight is 176 g/mol. The van der Waals surface area contributed by atoms with Gasteiger partial charge in [-0.3, -0.25) is 4.79 Å². The van der Waals surface area contributed by atoms with Gasteiger partial charge >= 0.3 is 12.1 Å². The minimum absolute atomic E-state index is 0.130. The van der Waals surface area contributed by atoms with Gasteiger partial charge in [-0.25, -0.2) is 8.78 Å². The number of Topliss-reactive ketones (excluding diaryl/α,β-unsaturated/α-hetero) is 1. The molecule has 0 atom stereocenters. The summed E-state index contributed by atoms with van der Waals surface area (Å²) in [5, 5.41) is 0. The average Bonchev–Trinajstić information content (AvgIpc) is 2.04. The van der Waals surface area contributed by atoms with E-state index in [9.17, 15) is 18.1 Å². The molecular formula is C7H5F3NO+. The molecule has 1 aromatic rings. The fourth-order valence-electron chi connectivity index (χ4n) is 0.723. The van der Waals surface area contributed by atoms with Crippen molar-refractivity contribution >= 4 is 5.78 Å². The van der Waals surface area contributed by atoms with Gasteiger partial charge in [0.15, 0.2) is 0 Å². The highest BCUT2D eigenvalue weighted by Gasteiger charge is 2.27. The molecule has 0 fully saturated rings. The Morgan fingerprint density at radius 3 is 2.58 bits per heavy atom. The molecule has 0 amide bonds. The van der Waals surface area contributed by atoms with Gasteiger partial charge in [-0.1, -0.05) is 0 Å². The molecule has 0 aliphatic rings. The van der Waals surface area contributed by atoms with Gasteiger partial charge < -0.3 is 0 Å². The van der Waals surface area contributed by atoms with E-state index in [0.29, 0.717) is 0 Å². The second-order valence-electron chi connectivity index (χ2n) is 2.06. The molecule has 2 nitrogen and oxygen atoms in total. The van der Waals surface area contributed by atoms with Crippen LogP contribution in [0.15, 0.2) is 24.4 Å². The van der Waals surface area contributed by atoms with Gasteiger partial charge in [0.1, 0.15) is 0 Å². The Labute approximate surface area is 66.2 Å². The van der Waals surface area contributed by atoms with Crippen LogP contribution in [0, 0.1) is 0 Å². The molecule has 64 valence electrons. The molecule has 0 radical (unpaired) electrons. The Bertz CT molecular complexity index is 300. The predicted molar refractivity (Wildman–Crippen MR) is 33.5 cm³/mol. The first-order valence-electron chi connectivity index (χ1n) is 3.12. The summed E-state index contributed by atoms with van der Waals surface area (Å²) >= 11 is 0. The minimum Gasteiger partial charge on any atom is -0.281 e. The highest BCUT2D eigenvalue weighted by Crippen LogP contribution is 2.02. The maximum Gasteiger partial charge on any atom is 0.306 e. The standard InChI is InChI=1S/C7H5F3NO/c8-7(9)6(12)5-3-1-2-4-11(5)10/h1-4,7H/q+1. The summed E-state index contributed by atoms with van der Waals surface area (Å²) in [5.41, 5.74) is -0.646. The van der Waals surface area contributed by atoms with Gasteiger partial charge in [-0.15, -0.1) is 0 Å². The fraction of sp³-hybridized carbons (Fsp3) is 0.143. The van der Waals surface area contributed by atoms with E-state index < -0.39 is 17.9 Å². The van der Waals surface area contributed by atoms with Crippen molar-refractivity contribution in [2.75, 3.05) is 0 Å². The summed E-state index contributed by atoms with van der Waals surface area (Å²) in [6.07, 6.45) is -2.29. The zero-order chi connectivity index (χ0) is 9.14. The lowest BCUT2D eigenvalue weighted by Gasteiger charge is -1.91. The van der Waals surface area contributed by atoms with Crippen LogP contribution in [0.1, 0.15) is 10.5 Å². The summed E-state index contributed by atoms with van der Waals surface area (Å²) in [4.78, 5) is 10.4. The van der Waals surface area contributed by atoms with Crippen molar-refractivity contribution in [3.05, 3.63) is 30.1 Å². The Kier molecular flexibility index (Phi) is 2.42. The lowest BCUT2D eigenvalue weighted by molar-refractivity contribution is -0.845. The van der Waals surface area contributed by atoms with Gasteiger partial charge in [-0.2, -0.15) is 0 Å². The molecule has 0 aromatic carbocycles. The summed E-state index contributed by atoms with van der Waals surface area (Å²) < 4.78 is 36.1. The van der Waals surface area contributed by atoms with E-state index in [4.69, 9.17) is 0 Å². The maximum atomic E-state index is 12.6. The minimum atomic E-state index is -3.17. The predicted octanol–water partition coefficient (Wildman–Crippen LogP) is 1.15. The molecule has 5 heteroatoms. The highest BCUT2D eigenvalue weighted by molar-refractivity contribution is 5.95. The topological polar surface area (TPSA) is 20.9 Å². The van der Waals surface area contributed by atoms with Crippen LogP contribution in [-0.4, -0.2) is 12.2 Å². The number of alkyl halides is 2. The van der Waals surface area contributed by atoms with Crippen LogP contribution in [-0.2, 0) is 0 Å². The van der Waals surface area contributed by atoms with Gasteiger partial charge in [0.2, 0.25) is 6.20 Å². The Hall–Kier alpha value is -1.39. The van der Waals surface area contributed by atoms with Crippen LogP contribution in [0.4, 0.5) is 13.3 Å². The van der Waals surface area contributed by atoms with Crippen LogP contribution in [0.3, 0.4) is 0 Å². The van der Waals surface area contributed by atoms with Crippen molar-refractivity contribution in [3.63, 3.8) is 0 Å². The Morgan fingerprint density at radius 2 is 2.08 bits per heavy atom. The second-order valence-corrected chi connectivity index (χ2v) is 2.06. The van der Waals surface area contributed by atoms with Crippen LogP contribution in [0.25, 0.3) is 0 Å². The van der Waals surface area contributed by atoms with E-state index in [1.807, 2.05) is 0 Å². The first kappa shape index (κ1) is 8.70. The summed E-state index contributed by atoms with van der Waals surface area (Å²) in [5.74, 6) is -1.52. The van der Waals surface area contributed by atoms with E-state index in [-0.39, 0.29) is 4.79 Å². The number of aromatic nitrogens is 1. The Balaban J connectivity index is 3.03. The van der Waals surface area contributed by atoms with Gasteiger partial charge in [-0.05, 0) is 6.07 Å². The van der Waals surface area contributed by atoms with E-state index in [0.717, 1.165) is 12.3 Å². The van der Waals surface area contributed by atoms with Crippen LogP contribution >= 0.6 is 0 Å². The third-order valence-electron chi connectivity index (χ3n) is 1.26. The lowest BCUT2D eigenvalue weighted by Crippen LogP contribution is -2.33. The molecule has 0 saturated heterocycles. The first-order valence-corrected chi connectivity index (χ1v) is 3.12. The van der Waals surface area contributed by atoms with Crippen molar-refractivity contribution < 1.29 is 22.8 Å². The molecule has 0 bridgehead atoms. The molecule has 0 N–H and O–H groups in total. The molecule has 1 rings (SSSR count). The van der Waals surface area contributed by atoms with Gasteiger partial charge in [0.25, 0.3) is 5.78 Å². The molecule has 0 unspecified atom stereocenters. The fourth-order valence-corrected chi connectivity index (χ4v) is 0.723. The first-order chi connectivity index (χ1) is 5.63. The van der Waals surface area contributed by atoms with Gasteiger partial charge in [0, 0.05) is 16.9 Å². The molecule has 0 aliphatic heterocycles. The summed E-state index contributed by atoms with van der Waals surface area (Å²) in [7, 11) is 0. The van der Waals surface area contributed by atoms with Crippen LogP contribution < -0.4 is 4.79 Å². The smallest absolute Gasteiger partial charge is 0.281 e. The van der Waals surface area contributed by atoms with E-state index in [1.54, 1.807) is 0 Å². The van der Waals surface area contributed by atoms with E-state index in [1.165, 1.54) is 12.1 Å². The van der Waals surface area contributed by atoms with Crippen LogP contribution in [0.5, 0.6) is 0 Å². The summed E-state index contributed by atoms with van der Waals surface area (Å²) in [6, 6.07) is 3.60. The number of ketones is 1. The SMILES string of the molecule is O=C(c1cccc[n+]1F)C(F)F. The maximum absolute atomic E-state index is 12.6. The molecule has 1 heterocycles. The van der Waals surface area contributed by atoms with Crippen molar-refractivity contribution in [3.8, 4) is 0 Å². The van der Waals surface area contributed by atoms with E-state index >= 15 is 0 Å². The molecule has 0 spiro atoms. The number of pyridine rings is 1. The summed E-state index contributed by atoms with van der Waals surface area (Å²) in [6.45, 7) is 0. The molecule has 1 aromatic heterocycles. The van der Waals surface area contributed by atoms with Crippen molar-refractivity contribution in [1.29, 1.82) is 0 Å². The number of hydrogen-bond donors (Lipinski definition) is 0. The third kappa shape index (κ3) is 1.61. The van der Waals surface area contributed by atoms with E-state index in [2.05, 4.69) is 0 Å².